The van der Waals surface area contributed by atoms with Gasteiger partial charge in [-0.05, 0) is 35.4 Å². The Morgan fingerprint density at radius 3 is 2.61 bits per heavy atom. The summed E-state index contributed by atoms with van der Waals surface area (Å²) in [6, 6.07) is 13.6. The number of rotatable bonds is 6. The number of carbonyl (C=O) groups excluding carboxylic acids is 2. The summed E-state index contributed by atoms with van der Waals surface area (Å²) in [4.78, 5) is 28.9. The number of methoxy groups -OCH3 is 1. The van der Waals surface area contributed by atoms with E-state index in [0.717, 1.165) is 16.7 Å². The summed E-state index contributed by atoms with van der Waals surface area (Å²) in [5, 5.41) is 0. The van der Waals surface area contributed by atoms with E-state index >= 15 is 0 Å². The number of nitrogens with zero attached hydrogens (tertiary/aromatic N) is 2. The first kappa shape index (κ1) is 20.0. The minimum absolute atomic E-state index is 0.136. The molecular formula is C22H25FN2O3. The van der Waals surface area contributed by atoms with Gasteiger partial charge in [0.2, 0.25) is 5.91 Å². The maximum atomic E-state index is 13.4. The summed E-state index contributed by atoms with van der Waals surface area (Å²) >= 11 is 0. The normalized spacial score (nSPS) is 16.0. The molecule has 28 heavy (non-hydrogen) atoms. The standard InChI is InChI=1S/C22H25FN2O3/c1-3-24(13-16-7-6-10-19(23)11-16)15-21(26)25-14-18-9-5-4-8-17(18)12-20(25)22(27)28-2/h4-11,20H,3,12-15H2,1-2H3. The van der Waals surface area contributed by atoms with Gasteiger partial charge in [-0.15, -0.1) is 0 Å². The van der Waals surface area contributed by atoms with Crippen LogP contribution in [0.5, 0.6) is 0 Å². The zero-order chi connectivity index (χ0) is 20.1. The summed E-state index contributed by atoms with van der Waals surface area (Å²) in [5.74, 6) is -0.836. The molecule has 0 N–H and O–H groups in total. The lowest BCUT2D eigenvalue weighted by molar-refractivity contribution is -0.154. The number of benzene rings is 2. The SMILES string of the molecule is CCN(CC(=O)N1Cc2ccccc2CC1C(=O)OC)Cc1cccc(F)c1. The number of hydrogen-bond donors (Lipinski definition) is 0. The number of esters is 1. The third-order valence-corrected chi connectivity index (χ3v) is 5.14. The Kier molecular flexibility index (Phi) is 6.41. The molecular weight excluding hydrogens is 359 g/mol. The van der Waals surface area contributed by atoms with Gasteiger partial charge in [-0.2, -0.15) is 0 Å². The molecule has 1 heterocycles. The van der Waals surface area contributed by atoms with E-state index in [1.807, 2.05) is 42.2 Å². The molecule has 0 bridgehead atoms. The van der Waals surface area contributed by atoms with Crippen LogP contribution in [0.4, 0.5) is 4.39 Å². The molecule has 0 aromatic heterocycles. The van der Waals surface area contributed by atoms with Gasteiger partial charge in [0.1, 0.15) is 11.9 Å². The molecule has 0 spiro atoms. The Labute approximate surface area is 164 Å². The summed E-state index contributed by atoms with van der Waals surface area (Å²) in [5.41, 5.74) is 2.92. The molecule has 5 nitrogen and oxygen atoms in total. The highest BCUT2D eigenvalue weighted by Crippen LogP contribution is 2.24. The lowest BCUT2D eigenvalue weighted by Crippen LogP contribution is -2.51. The molecule has 0 saturated heterocycles. The van der Waals surface area contributed by atoms with E-state index in [0.29, 0.717) is 26.1 Å². The molecule has 1 aliphatic heterocycles. The van der Waals surface area contributed by atoms with Crippen molar-refractivity contribution in [1.82, 2.24) is 9.80 Å². The van der Waals surface area contributed by atoms with E-state index < -0.39 is 12.0 Å². The summed E-state index contributed by atoms with van der Waals surface area (Å²) in [6.07, 6.45) is 0.449. The second-order valence-corrected chi connectivity index (χ2v) is 6.97. The third kappa shape index (κ3) is 4.57. The Balaban J connectivity index is 1.75. The molecule has 1 amide bonds. The Morgan fingerprint density at radius 2 is 1.93 bits per heavy atom. The van der Waals surface area contributed by atoms with Crippen molar-refractivity contribution in [3.63, 3.8) is 0 Å². The second-order valence-electron chi connectivity index (χ2n) is 6.97. The lowest BCUT2D eigenvalue weighted by Gasteiger charge is -2.36. The van der Waals surface area contributed by atoms with E-state index in [-0.39, 0.29) is 18.3 Å². The highest BCUT2D eigenvalue weighted by molar-refractivity contribution is 5.86. The molecule has 0 aliphatic carbocycles. The quantitative estimate of drug-likeness (QED) is 0.719. The predicted octanol–water partition coefficient (Wildman–Crippen LogP) is 2.77. The van der Waals surface area contributed by atoms with Gasteiger partial charge in [-0.3, -0.25) is 9.69 Å². The van der Waals surface area contributed by atoms with Crippen LogP contribution in [-0.2, 0) is 33.8 Å². The summed E-state index contributed by atoms with van der Waals surface area (Å²) in [6.45, 7) is 3.59. The first-order chi connectivity index (χ1) is 13.5. The Morgan fingerprint density at radius 1 is 1.18 bits per heavy atom. The van der Waals surface area contributed by atoms with Crippen LogP contribution in [-0.4, -0.2) is 47.9 Å². The fourth-order valence-corrected chi connectivity index (χ4v) is 3.59. The van der Waals surface area contributed by atoms with E-state index in [2.05, 4.69) is 0 Å². The number of ether oxygens (including phenoxy) is 1. The van der Waals surface area contributed by atoms with Crippen LogP contribution in [0.2, 0.25) is 0 Å². The van der Waals surface area contributed by atoms with Crippen LogP contribution < -0.4 is 0 Å². The zero-order valence-corrected chi connectivity index (χ0v) is 16.2. The van der Waals surface area contributed by atoms with Gasteiger partial charge in [-0.25, -0.2) is 9.18 Å². The van der Waals surface area contributed by atoms with Crippen molar-refractivity contribution >= 4 is 11.9 Å². The second kappa shape index (κ2) is 8.97. The maximum Gasteiger partial charge on any atom is 0.328 e. The molecule has 0 saturated carbocycles. The number of carbonyl (C=O) groups is 2. The van der Waals surface area contributed by atoms with Crippen molar-refractivity contribution in [3.05, 3.63) is 71.0 Å². The number of amides is 1. The molecule has 0 fully saturated rings. The smallest absolute Gasteiger partial charge is 0.328 e. The van der Waals surface area contributed by atoms with Gasteiger partial charge in [0, 0.05) is 19.5 Å². The van der Waals surface area contributed by atoms with Crippen molar-refractivity contribution in [1.29, 1.82) is 0 Å². The van der Waals surface area contributed by atoms with E-state index in [9.17, 15) is 14.0 Å². The monoisotopic (exact) mass is 384 g/mol. The van der Waals surface area contributed by atoms with Gasteiger partial charge in [0.05, 0.1) is 13.7 Å². The van der Waals surface area contributed by atoms with Crippen LogP contribution >= 0.6 is 0 Å². The van der Waals surface area contributed by atoms with Crippen LogP contribution in [0.3, 0.4) is 0 Å². The van der Waals surface area contributed by atoms with Gasteiger partial charge in [0.15, 0.2) is 0 Å². The Bertz CT molecular complexity index is 855. The first-order valence-corrected chi connectivity index (χ1v) is 9.42. The molecule has 2 aromatic carbocycles. The van der Waals surface area contributed by atoms with E-state index in [1.165, 1.54) is 19.2 Å². The maximum absolute atomic E-state index is 13.4. The summed E-state index contributed by atoms with van der Waals surface area (Å²) in [7, 11) is 1.34. The molecule has 1 unspecified atom stereocenters. The van der Waals surface area contributed by atoms with Crippen LogP contribution in [0, 0.1) is 5.82 Å². The van der Waals surface area contributed by atoms with Crippen molar-refractivity contribution in [2.75, 3.05) is 20.2 Å². The van der Waals surface area contributed by atoms with Gasteiger partial charge in [-0.1, -0.05) is 43.3 Å². The molecule has 6 heteroatoms. The third-order valence-electron chi connectivity index (χ3n) is 5.14. The average molecular weight is 384 g/mol. The number of fused-ring (bicyclic) bond motifs is 1. The zero-order valence-electron chi connectivity index (χ0n) is 16.2. The first-order valence-electron chi connectivity index (χ1n) is 9.42. The molecule has 148 valence electrons. The fourth-order valence-electron chi connectivity index (χ4n) is 3.59. The molecule has 3 rings (SSSR count). The van der Waals surface area contributed by atoms with Crippen molar-refractivity contribution in [2.45, 2.75) is 32.5 Å². The molecule has 1 atom stereocenters. The fraction of sp³-hybridized carbons (Fsp3) is 0.364. The average Bonchev–Trinajstić information content (AvgIpc) is 2.71. The topological polar surface area (TPSA) is 49.9 Å². The van der Waals surface area contributed by atoms with E-state index in [4.69, 9.17) is 4.74 Å². The largest absolute Gasteiger partial charge is 0.467 e. The number of hydrogen-bond acceptors (Lipinski definition) is 4. The Hall–Kier alpha value is -2.73. The van der Waals surface area contributed by atoms with Crippen molar-refractivity contribution in [3.8, 4) is 0 Å². The van der Waals surface area contributed by atoms with Gasteiger partial charge in [0.25, 0.3) is 0 Å². The highest BCUT2D eigenvalue weighted by atomic mass is 19.1. The van der Waals surface area contributed by atoms with Gasteiger partial charge >= 0.3 is 5.97 Å². The number of halogens is 1. The van der Waals surface area contributed by atoms with Crippen LogP contribution in [0.15, 0.2) is 48.5 Å². The van der Waals surface area contributed by atoms with Crippen molar-refractivity contribution < 1.29 is 18.7 Å². The van der Waals surface area contributed by atoms with Gasteiger partial charge < -0.3 is 9.64 Å². The highest BCUT2D eigenvalue weighted by Gasteiger charge is 2.35. The number of likely N-dealkylation sites (N-methyl/N-ethyl adjacent to an activating group) is 1. The minimum atomic E-state index is -0.625. The lowest BCUT2D eigenvalue weighted by atomic mass is 9.94. The van der Waals surface area contributed by atoms with Crippen LogP contribution in [0.1, 0.15) is 23.6 Å². The van der Waals surface area contributed by atoms with E-state index in [1.54, 1.807) is 11.0 Å². The van der Waals surface area contributed by atoms with Crippen molar-refractivity contribution in [2.24, 2.45) is 0 Å². The molecule has 2 aromatic rings. The minimum Gasteiger partial charge on any atom is -0.467 e. The summed E-state index contributed by atoms with van der Waals surface area (Å²) < 4.78 is 18.4. The molecule has 0 radical (unpaired) electrons. The predicted molar refractivity (Wildman–Crippen MR) is 104 cm³/mol. The molecule has 1 aliphatic rings. The van der Waals surface area contributed by atoms with Crippen LogP contribution in [0.25, 0.3) is 0 Å².